The van der Waals surface area contributed by atoms with Gasteiger partial charge in [-0.3, -0.25) is 10.1 Å². The zero-order valence-electron chi connectivity index (χ0n) is 6.94. The van der Waals surface area contributed by atoms with E-state index in [1.807, 2.05) is 7.05 Å². The molecule has 0 aromatic carbocycles. The Kier molecular flexibility index (Phi) is 1.27. The average Bonchev–Trinajstić information content (AvgIpc) is 2.41. The van der Waals surface area contributed by atoms with Gasteiger partial charge in [0.2, 0.25) is 0 Å². The molecule has 0 aliphatic rings. The Hall–Kier alpha value is -1.65. The van der Waals surface area contributed by atoms with Crippen molar-refractivity contribution in [2.45, 2.75) is 0 Å². The van der Waals surface area contributed by atoms with Crippen LogP contribution in [0.4, 0.5) is 0 Å². The van der Waals surface area contributed by atoms with Crippen molar-refractivity contribution >= 4 is 11.0 Å². The second-order valence-electron chi connectivity index (χ2n) is 2.71. The Morgan fingerprint density at radius 3 is 2.92 bits per heavy atom. The minimum atomic E-state index is 0.438. The lowest BCUT2D eigenvalue weighted by Crippen LogP contribution is -2.16. The third-order valence-electron chi connectivity index (χ3n) is 1.87. The number of rotatable bonds is 0. The summed E-state index contributed by atoms with van der Waals surface area (Å²) in [5, 5.41) is 12.5. The number of nitrogens with zero attached hydrogens (tertiary/aromatic N) is 4. The Labute approximate surface area is 68.8 Å². The third kappa shape index (κ3) is 0.761. The van der Waals surface area contributed by atoms with Crippen molar-refractivity contribution in [2.75, 3.05) is 0 Å². The van der Waals surface area contributed by atoms with Gasteiger partial charge in [-0.15, -0.1) is 0 Å². The number of nitrogens with one attached hydrogen (secondary N) is 1. The van der Waals surface area contributed by atoms with Crippen molar-refractivity contribution in [1.29, 1.82) is 5.41 Å². The highest BCUT2D eigenvalue weighted by Gasteiger charge is 2.02. The van der Waals surface area contributed by atoms with Crippen LogP contribution in [0.1, 0.15) is 0 Å². The summed E-state index contributed by atoms with van der Waals surface area (Å²) in [6.45, 7) is 0. The number of hydrogen-bond acceptors (Lipinski definition) is 3. The van der Waals surface area contributed by atoms with E-state index in [-0.39, 0.29) is 0 Å². The van der Waals surface area contributed by atoms with Gasteiger partial charge in [0.05, 0.1) is 17.9 Å². The van der Waals surface area contributed by atoms with Gasteiger partial charge in [-0.1, -0.05) is 0 Å². The van der Waals surface area contributed by atoms with E-state index in [0.29, 0.717) is 5.49 Å². The largest absolute Gasteiger partial charge is 0.320 e. The first kappa shape index (κ1) is 7.02. The van der Waals surface area contributed by atoms with Crippen LogP contribution < -0.4 is 5.49 Å². The van der Waals surface area contributed by atoms with Crippen LogP contribution >= 0.6 is 0 Å². The zero-order valence-corrected chi connectivity index (χ0v) is 6.94. The minimum absolute atomic E-state index is 0.438. The first-order chi connectivity index (χ1) is 5.70. The maximum absolute atomic E-state index is 7.67. The van der Waals surface area contributed by atoms with Crippen LogP contribution in [-0.4, -0.2) is 19.3 Å². The van der Waals surface area contributed by atoms with E-state index in [2.05, 4.69) is 10.1 Å². The maximum Gasteiger partial charge on any atom is 0.162 e. The number of fused-ring (bicyclic) bond motifs is 1. The normalized spacial score (nSPS) is 10.8. The van der Waals surface area contributed by atoms with Crippen molar-refractivity contribution in [3.63, 3.8) is 0 Å². The second kappa shape index (κ2) is 2.17. The summed E-state index contributed by atoms with van der Waals surface area (Å²) < 4.78 is 3.32. The Morgan fingerprint density at radius 1 is 1.42 bits per heavy atom. The molecule has 2 aromatic heterocycles. The number of aryl methyl sites for hydroxylation is 2. The quantitative estimate of drug-likeness (QED) is 0.584. The molecule has 0 aliphatic carbocycles. The molecule has 0 unspecified atom stereocenters. The van der Waals surface area contributed by atoms with Crippen LogP contribution in [0.25, 0.3) is 11.0 Å². The summed E-state index contributed by atoms with van der Waals surface area (Å²) >= 11 is 0. The molecule has 0 aliphatic heterocycles. The highest BCUT2D eigenvalue weighted by molar-refractivity contribution is 5.72. The Bertz CT molecular complexity index is 478. The van der Waals surface area contributed by atoms with E-state index in [9.17, 15) is 0 Å². The molecule has 0 atom stereocenters. The fraction of sp³-hybridized carbons (Fsp3) is 0.286. The van der Waals surface area contributed by atoms with Crippen molar-refractivity contribution < 1.29 is 0 Å². The van der Waals surface area contributed by atoms with Crippen LogP contribution in [0.2, 0.25) is 0 Å². The summed E-state index contributed by atoms with van der Waals surface area (Å²) in [7, 11) is 3.61. The highest BCUT2D eigenvalue weighted by Crippen LogP contribution is 2.01. The fourth-order valence-electron chi connectivity index (χ4n) is 1.14. The third-order valence-corrected chi connectivity index (χ3v) is 1.87. The van der Waals surface area contributed by atoms with Gasteiger partial charge < -0.3 is 4.57 Å². The molecule has 2 heterocycles. The van der Waals surface area contributed by atoms with Crippen molar-refractivity contribution in [3.8, 4) is 0 Å². The monoisotopic (exact) mass is 163 g/mol. The van der Waals surface area contributed by atoms with E-state index in [0.717, 1.165) is 11.0 Å². The topological polar surface area (TPSA) is 59.5 Å². The van der Waals surface area contributed by atoms with Crippen LogP contribution in [0, 0.1) is 5.41 Å². The molecule has 12 heavy (non-hydrogen) atoms. The van der Waals surface area contributed by atoms with Crippen LogP contribution in [0.5, 0.6) is 0 Å². The molecule has 0 spiro atoms. The first-order valence-corrected chi connectivity index (χ1v) is 3.58. The smallest absolute Gasteiger partial charge is 0.162 e. The minimum Gasteiger partial charge on any atom is -0.320 e. The van der Waals surface area contributed by atoms with Crippen LogP contribution in [0.3, 0.4) is 0 Å². The Morgan fingerprint density at radius 2 is 2.17 bits per heavy atom. The second-order valence-corrected chi connectivity index (χ2v) is 2.71. The van der Waals surface area contributed by atoms with Gasteiger partial charge in [0, 0.05) is 14.1 Å². The molecule has 0 saturated heterocycles. The molecule has 5 nitrogen and oxygen atoms in total. The van der Waals surface area contributed by atoms with Gasteiger partial charge in [0.1, 0.15) is 5.49 Å². The molecule has 0 bridgehead atoms. The standard InChI is InChI=1S/C7H9N5/c1-11-4-9-7-5(6(11)8)3-10-12(7)2/h3-4,8H,1-2H3. The molecule has 0 saturated carbocycles. The summed E-state index contributed by atoms with van der Waals surface area (Å²) in [5.74, 6) is 0. The molecule has 5 heteroatoms. The lowest BCUT2D eigenvalue weighted by Gasteiger charge is -1.97. The summed E-state index contributed by atoms with van der Waals surface area (Å²) in [6, 6.07) is 0. The van der Waals surface area contributed by atoms with Gasteiger partial charge >= 0.3 is 0 Å². The molecule has 2 aromatic rings. The first-order valence-electron chi connectivity index (χ1n) is 3.58. The number of aromatic nitrogens is 4. The molecular weight excluding hydrogens is 154 g/mol. The number of hydrogen-bond donors (Lipinski definition) is 1. The lowest BCUT2D eigenvalue weighted by molar-refractivity contribution is 0.769. The fourth-order valence-corrected chi connectivity index (χ4v) is 1.14. The van der Waals surface area contributed by atoms with Crippen molar-refractivity contribution in [2.24, 2.45) is 14.1 Å². The molecule has 1 N–H and O–H groups in total. The molecule has 0 amide bonds. The molecule has 0 fully saturated rings. The van der Waals surface area contributed by atoms with E-state index in [1.54, 1.807) is 28.8 Å². The summed E-state index contributed by atoms with van der Waals surface area (Å²) in [4.78, 5) is 4.14. The maximum atomic E-state index is 7.67. The van der Waals surface area contributed by atoms with Crippen molar-refractivity contribution in [1.82, 2.24) is 19.3 Å². The molecular formula is C7H9N5. The van der Waals surface area contributed by atoms with Crippen LogP contribution in [-0.2, 0) is 14.1 Å². The zero-order chi connectivity index (χ0) is 8.72. The molecule has 2 rings (SSSR count). The summed E-state index contributed by atoms with van der Waals surface area (Å²) in [5.41, 5.74) is 1.19. The van der Waals surface area contributed by atoms with E-state index in [4.69, 9.17) is 5.41 Å². The predicted octanol–water partition coefficient (Wildman–Crippen LogP) is -0.214. The van der Waals surface area contributed by atoms with E-state index in [1.165, 1.54) is 0 Å². The average molecular weight is 163 g/mol. The van der Waals surface area contributed by atoms with Crippen molar-refractivity contribution in [3.05, 3.63) is 18.0 Å². The van der Waals surface area contributed by atoms with E-state index >= 15 is 0 Å². The van der Waals surface area contributed by atoms with Gasteiger partial charge in [0.15, 0.2) is 5.65 Å². The van der Waals surface area contributed by atoms with Gasteiger partial charge in [-0.2, -0.15) is 5.10 Å². The van der Waals surface area contributed by atoms with Gasteiger partial charge in [-0.25, -0.2) is 4.98 Å². The highest BCUT2D eigenvalue weighted by atomic mass is 15.3. The molecule has 62 valence electrons. The lowest BCUT2D eigenvalue weighted by atomic mass is 10.4. The van der Waals surface area contributed by atoms with Gasteiger partial charge in [-0.05, 0) is 0 Å². The van der Waals surface area contributed by atoms with Gasteiger partial charge in [0.25, 0.3) is 0 Å². The van der Waals surface area contributed by atoms with E-state index < -0.39 is 0 Å². The molecule has 0 radical (unpaired) electrons. The van der Waals surface area contributed by atoms with Crippen LogP contribution in [0.15, 0.2) is 12.5 Å². The Balaban J connectivity index is 3.03. The summed E-state index contributed by atoms with van der Waals surface area (Å²) in [6.07, 6.45) is 3.27. The SMILES string of the molecule is Cn1cnc2c(cnn2C)c1=N. The predicted molar refractivity (Wildman–Crippen MR) is 43.3 cm³/mol.